The first-order valence-electron chi connectivity index (χ1n) is 6.88. The van der Waals surface area contributed by atoms with Gasteiger partial charge >= 0.3 is 12.0 Å². The molecule has 0 spiro atoms. The van der Waals surface area contributed by atoms with Crippen molar-refractivity contribution in [2.24, 2.45) is 16.0 Å². The summed E-state index contributed by atoms with van der Waals surface area (Å²) in [4.78, 5) is 32.3. The second-order valence-corrected chi connectivity index (χ2v) is 4.98. The van der Waals surface area contributed by atoms with Crippen LogP contribution >= 0.6 is 0 Å². The lowest BCUT2D eigenvalue weighted by Crippen LogP contribution is -2.19. The van der Waals surface area contributed by atoms with E-state index in [2.05, 4.69) is 15.5 Å². The van der Waals surface area contributed by atoms with Crippen LogP contribution in [0.3, 0.4) is 0 Å². The summed E-state index contributed by atoms with van der Waals surface area (Å²) < 4.78 is 0. The molecule has 128 valence electrons. The molecule has 0 saturated carbocycles. The lowest BCUT2D eigenvalue weighted by atomic mass is 10.2. The van der Waals surface area contributed by atoms with Crippen LogP contribution < -0.4 is 11.1 Å². The van der Waals surface area contributed by atoms with Gasteiger partial charge in [0.15, 0.2) is 5.69 Å². The van der Waals surface area contributed by atoms with E-state index in [0.29, 0.717) is 5.69 Å². The van der Waals surface area contributed by atoms with Gasteiger partial charge in [0.2, 0.25) is 0 Å². The highest BCUT2D eigenvalue weighted by Crippen LogP contribution is 2.32. The van der Waals surface area contributed by atoms with E-state index in [-0.39, 0.29) is 16.9 Å². The summed E-state index contributed by atoms with van der Waals surface area (Å²) in [5.74, 6) is -1.29. The van der Waals surface area contributed by atoms with Crippen molar-refractivity contribution in [3.8, 4) is 0 Å². The number of nitrogens with one attached hydrogen (secondary N) is 1. The normalized spacial score (nSPS) is 10.6. The van der Waals surface area contributed by atoms with E-state index < -0.39 is 22.6 Å². The highest BCUT2D eigenvalue weighted by atomic mass is 16.6. The van der Waals surface area contributed by atoms with Gasteiger partial charge in [0.1, 0.15) is 5.69 Å². The molecule has 0 unspecified atom stereocenters. The number of aromatic carboxylic acids is 1. The first-order chi connectivity index (χ1) is 11.8. The number of urea groups is 1. The van der Waals surface area contributed by atoms with E-state index in [1.165, 1.54) is 12.1 Å². The number of hydrogen-bond donors (Lipinski definition) is 3. The number of nitrogens with zero attached hydrogens (tertiary/aromatic N) is 3. The van der Waals surface area contributed by atoms with Gasteiger partial charge in [-0.2, -0.15) is 0 Å². The molecule has 0 aromatic heterocycles. The third-order valence-corrected chi connectivity index (χ3v) is 3.09. The topological polar surface area (TPSA) is 160 Å². The van der Waals surface area contributed by atoms with Crippen molar-refractivity contribution in [1.29, 1.82) is 0 Å². The van der Waals surface area contributed by atoms with E-state index in [9.17, 15) is 19.7 Å². The number of nitro benzene ring substituents is 1. The fraction of sp³-hybridized carbons (Fsp3) is 0.0667. The zero-order chi connectivity index (χ0) is 18.6. The average molecular weight is 343 g/mol. The quantitative estimate of drug-likeness (QED) is 0.429. The maximum absolute atomic E-state index is 11.1. The summed E-state index contributed by atoms with van der Waals surface area (Å²) in [5, 5.41) is 30.1. The van der Waals surface area contributed by atoms with E-state index in [0.717, 1.165) is 11.6 Å². The predicted octanol–water partition coefficient (Wildman–Crippen LogP) is 3.51. The average Bonchev–Trinajstić information content (AvgIpc) is 2.53. The molecule has 10 heteroatoms. The van der Waals surface area contributed by atoms with Gasteiger partial charge in [-0.05, 0) is 36.8 Å². The smallest absolute Gasteiger partial charge is 0.335 e. The van der Waals surface area contributed by atoms with Gasteiger partial charge in [0.25, 0.3) is 5.69 Å². The summed E-state index contributed by atoms with van der Waals surface area (Å²) >= 11 is 0. The van der Waals surface area contributed by atoms with Gasteiger partial charge in [-0.1, -0.05) is 6.07 Å². The molecule has 2 aromatic carbocycles. The van der Waals surface area contributed by atoms with E-state index in [4.69, 9.17) is 10.8 Å². The summed E-state index contributed by atoms with van der Waals surface area (Å²) in [6.07, 6.45) is 0. The lowest BCUT2D eigenvalue weighted by molar-refractivity contribution is -0.384. The fourth-order valence-corrected chi connectivity index (χ4v) is 1.96. The van der Waals surface area contributed by atoms with Crippen molar-refractivity contribution in [2.75, 3.05) is 5.32 Å². The number of rotatable bonds is 5. The molecule has 0 fully saturated rings. The fourth-order valence-electron chi connectivity index (χ4n) is 1.96. The minimum atomic E-state index is -1.29. The minimum absolute atomic E-state index is 0.124. The molecular weight excluding hydrogens is 330 g/mol. The van der Waals surface area contributed by atoms with Gasteiger partial charge in [-0.25, -0.2) is 9.59 Å². The van der Waals surface area contributed by atoms with Crippen LogP contribution in [0.2, 0.25) is 0 Å². The molecular formula is C15H13N5O5. The predicted molar refractivity (Wildman–Crippen MR) is 88.6 cm³/mol. The molecule has 10 nitrogen and oxygen atoms in total. The zero-order valence-electron chi connectivity index (χ0n) is 13.0. The summed E-state index contributed by atoms with van der Waals surface area (Å²) in [6, 6.07) is 7.35. The second-order valence-electron chi connectivity index (χ2n) is 4.98. The van der Waals surface area contributed by atoms with Crippen molar-refractivity contribution in [1.82, 2.24) is 0 Å². The Morgan fingerprint density at radius 3 is 2.40 bits per heavy atom. The molecule has 0 saturated heterocycles. The number of benzene rings is 2. The number of nitrogens with two attached hydrogens (primary N) is 1. The number of carboxylic acids is 1. The lowest BCUT2D eigenvalue weighted by Gasteiger charge is -2.06. The van der Waals surface area contributed by atoms with Crippen LogP contribution in [0.1, 0.15) is 15.9 Å². The number of aryl methyl sites for hydroxylation is 1. The van der Waals surface area contributed by atoms with Crippen molar-refractivity contribution < 1.29 is 19.6 Å². The molecule has 0 aliphatic carbocycles. The molecule has 0 heterocycles. The molecule has 2 rings (SSSR count). The number of anilines is 1. The van der Waals surface area contributed by atoms with Gasteiger partial charge < -0.3 is 16.2 Å². The molecule has 0 atom stereocenters. The SMILES string of the molecule is Cc1ccc(N=Nc2ccc(C(=O)O)cc2[N+](=O)[O-])c(NC(N)=O)c1. The monoisotopic (exact) mass is 343 g/mol. The number of amides is 2. The van der Waals surface area contributed by atoms with Crippen LogP contribution in [0, 0.1) is 17.0 Å². The van der Waals surface area contributed by atoms with E-state index in [1.807, 2.05) is 0 Å². The Hall–Kier alpha value is -3.82. The van der Waals surface area contributed by atoms with Gasteiger partial charge in [0, 0.05) is 6.07 Å². The van der Waals surface area contributed by atoms with Crippen LogP contribution in [0.5, 0.6) is 0 Å². The Labute approximate surface area is 141 Å². The van der Waals surface area contributed by atoms with Gasteiger partial charge in [0.05, 0.1) is 16.2 Å². The molecule has 4 N–H and O–H groups in total. The Kier molecular flexibility index (Phi) is 5.03. The standard InChI is InChI=1S/C15H13N5O5/c1-8-2-4-10(12(6-8)17-15(16)23)18-19-11-5-3-9(14(21)22)7-13(11)20(24)25/h2-7H,1H3,(H,21,22)(H3,16,17,23). The van der Waals surface area contributed by atoms with E-state index in [1.54, 1.807) is 25.1 Å². The van der Waals surface area contributed by atoms with Crippen LogP contribution in [-0.4, -0.2) is 22.0 Å². The molecule has 0 bridgehead atoms. The highest BCUT2D eigenvalue weighted by Gasteiger charge is 2.17. The van der Waals surface area contributed by atoms with Crippen molar-refractivity contribution >= 4 is 34.7 Å². The number of hydrogen-bond acceptors (Lipinski definition) is 6. The molecule has 2 aromatic rings. The first-order valence-corrected chi connectivity index (χ1v) is 6.88. The maximum atomic E-state index is 11.1. The Morgan fingerprint density at radius 1 is 1.16 bits per heavy atom. The summed E-state index contributed by atoms with van der Waals surface area (Å²) in [5.41, 5.74) is 5.59. The van der Waals surface area contributed by atoms with Crippen molar-refractivity contribution in [2.45, 2.75) is 6.92 Å². The van der Waals surface area contributed by atoms with Crippen molar-refractivity contribution in [3.05, 3.63) is 57.6 Å². The molecule has 0 aliphatic heterocycles. The second kappa shape index (κ2) is 7.17. The van der Waals surface area contributed by atoms with Crippen LogP contribution in [-0.2, 0) is 0 Å². The Morgan fingerprint density at radius 2 is 1.80 bits per heavy atom. The summed E-state index contributed by atoms with van der Waals surface area (Å²) in [7, 11) is 0. The molecule has 25 heavy (non-hydrogen) atoms. The third kappa shape index (κ3) is 4.34. The number of nitro groups is 1. The largest absolute Gasteiger partial charge is 0.478 e. The minimum Gasteiger partial charge on any atom is -0.478 e. The Balaban J connectivity index is 2.44. The zero-order valence-corrected chi connectivity index (χ0v) is 13.0. The number of primary amides is 1. The maximum Gasteiger partial charge on any atom is 0.335 e. The number of azo groups is 1. The third-order valence-electron chi connectivity index (χ3n) is 3.09. The van der Waals surface area contributed by atoms with Crippen LogP contribution in [0.15, 0.2) is 46.6 Å². The molecule has 0 aliphatic rings. The molecule has 0 radical (unpaired) electrons. The number of carboxylic acid groups (broad SMARTS) is 1. The van der Waals surface area contributed by atoms with Crippen LogP contribution in [0.25, 0.3) is 0 Å². The number of carbonyl (C=O) groups excluding carboxylic acids is 1. The first kappa shape index (κ1) is 17.5. The number of carbonyl (C=O) groups is 2. The highest BCUT2D eigenvalue weighted by molar-refractivity contribution is 5.91. The Bertz CT molecular complexity index is 894. The van der Waals surface area contributed by atoms with Crippen LogP contribution in [0.4, 0.5) is 27.5 Å². The van der Waals surface area contributed by atoms with Gasteiger partial charge in [-0.15, -0.1) is 10.2 Å². The molecule has 2 amide bonds. The van der Waals surface area contributed by atoms with Gasteiger partial charge in [-0.3, -0.25) is 10.1 Å². The summed E-state index contributed by atoms with van der Waals surface area (Å²) in [6.45, 7) is 1.79. The van der Waals surface area contributed by atoms with E-state index >= 15 is 0 Å². The van der Waals surface area contributed by atoms with Crippen molar-refractivity contribution in [3.63, 3.8) is 0 Å².